The second-order valence-corrected chi connectivity index (χ2v) is 6.56. The van der Waals surface area contributed by atoms with Gasteiger partial charge in [0.25, 0.3) is 0 Å². The molecule has 5 heteroatoms. The van der Waals surface area contributed by atoms with E-state index in [0.29, 0.717) is 13.0 Å². The lowest BCUT2D eigenvalue weighted by Gasteiger charge is -2.11. The first-order valence-electron chi connectivity index (χ1n) is 6.07. The molecule has 0 bridgehead atoms. The first kappa shape index (κ1) is 14.8. The fourth-order valence-corrected chi connectivity index (χ4v) is 2.91. The van der Waals surface area contributed by atoms with E-state index in [1.165, 1.54) is 0 Å². The lowest BCUT2D eigenvalue weighted by atomic mass is 10.2. The highest BCUT2D eigenvalue weighted by Gasteiger charge is 2.09. The summed E-state index contributed by atoms with van der Waals surface area (Å²) >= 11 is 0. The molecule has 1 aromatic carbocycles. The average Bonchev–Trinajstić information content (AvgIpc) is 2.31. The maximum Gasteiger partial charge on any atom is 0.152 e. The number of aryl methyl sites for hydroxylation is 1. The molecule has 0 saturated carbocycles. The van der Waals surface area contributed by atoms with Crippen molar-refractivity contribution in [3.8, 4) is 5.75 Å². The molecule has 0 heterocycles. The summed E-state index contributed by atoms with van der Waals surface area (Å²) < 4.78 is 28.3. The summed E-state index contributed by atoms with van der Waals surface area (Å²) in [5, 5.41) is 3.14. The summed E-state index contributed by atoms with van der Waals surface area (Å²) in [6.45, 7) is 4.27. The maximum atomic E-state index is 11.6. The fourth-order valence-electron chi connectivity index (χ4n) is 1.67. The van der Waals surface area contributed by atoms with Crippen molar-refractivity contribution in [2.75, 3.05) is 30.5 Å². The van der Waals surface area contributed by atoms with Crippen molar-refractivity contribution in [1.82, 2.24) is 0 Å². The van der Waals surface area contributed by atoms with Crippen LogP contribution in [-0.4, -0.2) is 33.6 Å². The molecule has 0 aliphatic heterocycles. The zero-order valence-corrected chi connectivity index (χ0v) is 12.0. The number of hydrogen-bond acceptors (Lipinski definition) is 4. The van der Waals surface area contributed by atoms with Crippen molar-refractivity contribution in [3.63, 3.8) is 0 Å². The van der Waals surface area contributed by atoms with Crippen LogP contribution in [0.1, 0.15) is 18.9 Å². The molecule has 1 N–H and O–H groups in total. The van der Waals surface area contributed by atoms with E-state index in [1.54, 1.807) is 7.11 Å². The molecule has 1 aromatic rings. The number of sulfone groups is 1. The van der Waals surface area contributed by atoms with E-state index in [-0.39, 0.29) is 11.5 Å². The van der Waals surface area contributed by atoms with Crippen molar-refractivity contribution in [2.24, 2.45) is 0 Å². The van der Waals surface area contributed by atoms with Gasteiger partial charge in [-0.1, -0.05) is 13.0 Å². The fraction of sp³-hybridized carbons (Fsp3) is 0.538. The van der Waals surface area contributed by atoms with Gasteiger partial charge in [0.1, 0.15) is 5.75 Å². The molecule has 4 nitrogen and oxygen atoms in total. The van der Waals surface area contributed by atoms with Gasteiger partial charge in [-0.05, 0) is 25.0 Å². The largest absolute Gasteiger partial charge is 0.497 e. The number of rotatable bonds is 7. The number of ether oxygens (including phenoxy) is 1. The Balaban J connectivity index is 2.58. The third kappa shape index (κ3) is 4.56. The van der Waals surface area contributed by atoms with E-state index in [9.17, 15) is 8.42 Å². The number of benzene rings is 1. The topological polar surface area (TPSA) is 55.4 Å². The van der Waals surface area contributed by atoms with Gasteiger partial charge in [0, 0.05) is 24.1 Å². The molecule has 0 aromatic heterocycles. The summed E-state index contributed by atoms with van der Waals surface area (Å²) in [5.74, 6) is 1.18. The van der Waals surface area contributed by atoms with Crippen LogP contribution in [0, 0.1) is 6.92 Å². The van der Waals surface area contributed by atoms with Crippen LogP contribution < -0.4 is 10.1 Å². The number of nitrogens with one attached hydrogen (secondary N) is 1. The lowest BCUT2D eigenvalue weighted by Crippen LogP contribution is -2.18. The summed E-state index contributed by atoms with van der Waals surface area (Å²) in [6.07, 6.45) is 0.667. The third-order valence-electron chi connectivity index (χ3n) is 2.69. The summed E-state index contributed by atoms with van der Waals surface area (Å²) in [4.78, 5) is 0. The maximum absolute atomic E-state index is 11.6. The Morgan fingerprint density at radius 3 is 2.61 bits per heavy atom. The minimum absolute atomic E-state index is 0.164. The number of methoxy groups -OCH3 is 1. The Kier molecular flexibility index (Phi) is 5.47. The van der Waals surface area contributed by atoms with Crippen LogP contribution in [0.3, 0.4) is 0 Å². The monoisotopic (exact) mass is 271 g/mol. The number of hydrogen-bond donors (Lipinski definition) is 1. The smallest absolute Gasteiger partial charge is 0.152 e. The molecule has 18 heavy (non-hydrogen) atoms. The molecular formula is C13H21NO3S. The molecule has 0 atom stereocenters. The molecule has 0 radical (unpaired) electrons. The predicted octanol–water partition coefficient (Wildman–Crippen LogP) is 2.24. The van der Waals surface area contributed by atoms with Gasteiger partial charge < -0.3 is 10.1 Å². The van der Waals surface area contributed by atoms with E-state index in [4.69, 9.17) is 4.74 Å². The molecule has 102 valence electrons. The Hall–Kier alpha value is -1.23. The Morgan fingerprint density at radius 2 is 2.00 bits per heavy atom. The molecule has 0 spiro atoms. The van der Waals surface area contributed by atoms with Gasteiger partial charge in [-0.15, -0.1) is 0 Å². The van der Waals surface area contributed by atoms with Crippen molar-refractivity contribution in [3.05, 3.63) is 23.8 Å². The third-order valence-corrected chi connectivity index (χ3v) is 4.54. The van der Waals surface area contributed by atoms with E-state index in [2.05, 4.69) is 5.32 Å². The molecule has 0 saturated heterocycles. The van der Waals surface area contributed by atoms with Crippen molar-refractivity contribution < 1.29 is 13.2 Å². The van der Waals surface area contributed by atoms with Gasteiger partial charge in [-0.25, -0.2) is 8.42 Å². The molecule has 0 amide bonds. The van der Waals surface area contributed by atoms with Crippen LogP contribution >= 0.6 is 0 Å². The second-order valence-electron chi connectivity index (χ2n) is 4.26. The van der Waals surface area contributed by atoms with Gasteiger partial charge in [0.15, 0.2) is 9.84 Å². The van der Waals surface area contributed by atoms with Crippen molar-refractivity contribution in [2.45, 2.75) is 20.3 Å². The normalized spacial score (nSPS) is 11.3. The second kappa shape index (κ2) is 6.64. The Morgan fingerprint density at radius 1 is 1.28 bits per heavy atom. The quantitative estimate of drug-likeness (QED) is 0.826. The van der Waals surface area contributed by atoms with Gasteiger partial charge >= 0.3 is 0 Å². The van der Waals surface area contributed by atoms with Crippen LogP contribution in [0.5, 0.6) is 5.75 Å². The van der Waals surface area contributed by atoms with Crippen LogP contribution in [-0.2, 0) is 9.84 Å². The van der Waals surface area contributed by atoms with Crippen LogP contribution in [0.4, 0.5) is 5.69 Å². The molecule has 0 fully saturated rings. The summed E-state index contributed by atoms with van der Waals surface area (Å²) in [7, 11) is -1.31. The first-order chi connectivity index (χ1) is 8.48. The lowest BCUT2D eigenvalue weighted by molar-refractivity contribution is 0.415. The SMILES string of the molecule is CCCS(=O)(=O)CCNc1cc(OC)ccc1C. The highest BCUT2D eigenvalue weighted by Crippen LogP contribution is 2.21. The van der Waals surface area contributed by atoms with Crippen LogP contribution in [0.15, 0.2) is 18.2 Å². The van der Waals surface area contributed by atoms with E-state index in [1.807, 2.05) is 32.0 Å². The average molecular weight is 271 g/mol. The van der Waals surface area contributed by atoms with Gasteiger partial charge in [-0.3, -0.25) is 0 Å². The highest BCUT2D eigenvalue weighted by atomic mass is 32.2. The summed E-state index contributed by atoms with van der Waals surface area (Å²) in [6, 6.07) is 5.71. The van der Waals surface area contributed by atoms with Crippen LogP contribution in [0.2, 0.25) is 0 Å². The van der Waals surface area contributed by atoms with Gasteiger partial charge in [0.05, 0.1) is 12.9 Å². The molecule has 1 rings (SSSR count). The van der Waals surface area contributed by atoms with Crippen molar-refractivity contribution in [1.29, 1.82) is 0 Å². The van der Waals surface area contributed by atoms with E-state index >= 15 is 0 Å². The summed E-state index contributed by atoms with van der Waals surface area (Å²) in [5.41, 5.74) is 1.99. The molecule has 0 aliphatic carbocycles. The van der Waals surface area contributed by atoms with Gasteiger partial charge in [-0.2, -0.15) is 0 Å². The molecular weight excluding hydrogens is 250 g/mol. The number of anilines is 1. The minimum atomic E-state index is -2.92. The minimum Gasteiger partial charge on any atom is -0.497 e. The van der Waals surface area contributed by atoms with Crippen LogP contribution in [0.25, 0.3) is 0 Å². The Labute approximate surface area is 109 Å². The predicted molar refractivity (Wildman–Crippen MR) is 75.2 cm³/mol. The van der Waals surface area contributed by atoms with E-state index in [0.717, 1.165) is 17.0 Å². The highest BCUT2D eigenvalue weighted by molar-refractivity contribution is 7.91. The molecule has 0 aliphatic rings. The first-order valence-corrected chi connectivity index (χ1v) is 7.89. The van der Waals surface area contributed by atoms with Crippen molar-refractivity contribution >= 4 is 15.5 Å². The Bertz CT molecular complexity index is 483. The molecule has 0 unspecified atom stereocenters. The zero-order valence-electron chi connectivity index (χ0n) is 11.2. The standard InChI is InChI=1S/C13H21NO3S/c1-4-8-18(15,16)9-7-14-13-10-12(17-3)6-5-11(13)2/h5-6,10,14H,4,7-9H2,1-3H3. The van der Waals surface area contributed by atoms with Gasteiger partial charge in [0.2, 0.25) is 0 Å². The zero-order chi connectivity index (χ0) is 13.6. The van der Waals surface area contributed by atoms with E-state index < -0.39 is 9.84 Å².